The molecule has 0 aromatic carbocycles. The Morgan fingerprint density at radius 1 is 1.41 bits per heavy atom. The molecule has 0 spiro atoms. The average Bonchev–Trinajstić information content (AvgIpc) is 2.22. The quantitative estimate of drug-likeness (QED) is 0.585. The van der Waals surface area contributed by atoms with Gasteiger partial charge < -0.3 is 20.6 Å². The van der Waals surface area contributed by atoms with Gasteiger partial charge >= 0.3 is 12.0 Å². The molecule has 1 aliphatic carbocycles. The molecule has 3 N–H and O–H groups in total. The Balaban J connectivity index is 1.96. The zero-order chi connectivity index (χ0) is 12.5. The summed E-state index contributed by atoms with van der Waals surface area (Å²) in [5, 5.41) is 14.2. The van der Waals surface area contributed by atoms with Gasteiger partial charge in [-0.05, 0) is 19.3 Å². The first-order valence-corrected chi connectivity index (χ1v) is 5.61. The average molecular weight is 241 g/mol. The molecule has 0 atom stereocenters. The minimum absolute atomic E-state index is 0.0124. The smallest absolute Gasteiger partial charge is 0.329 e. The van der Waals surface area contributed by atoms with E-state index in [1.165, 1.54) is 4.90 Å². The summed E-state index contributed by atoms with van der Waals surface area (Å²) in [7, 11) is 0. The van der Waals surface area contributed by atoms with Crippen LogP contribution in [0.4, 0.5) is 4.79 Å². The summed E-state index contributed by atoms with van der Waals surface area (Å²) < 4.78 is 0. The van der Waals surface area contributed by atoms with Gasteiger partial charge in [0.25, 0.3) is 0 Å². The second kappa shape index (κ2) is 4.23. The number of amides is 3. The summed E-state index contributed by atoms with van der Waals surface area (Å²) in [5.41, 5.74) is -1.12. The van der Waals surface area contributed by atoms with E-state index in [2.05, 4.69) is 10.6 Å². The van der Waals surface area contributed by atoms with Crippen LogP contribution in [0.25, 0.3) is 0 Å². The van der Waals surface area contributed by atoms with E-state index < -0.39 is 17.5 Å². The van der Waals surface area contributed by atoms with Crippen molar-refractivity contribution in [2.75, 3.05) is 19.6 Å². The first kappa shape index (κ1) is 11.7. The number of carboxylic acid groups (broad SMARTS) is 1. The highest BCUT2D eigenvalue weighted by atomic mass is 16.4. The molecule has 1 heterocycles. The molecular formula is C10H15N3O4. The van der Waals surface area contributed by atoms with Gasteiger partial charge in [0.15, 0.2) is 0 Å². The lowest BCUT2D eigenvalue weighted by molar-refractivity contribution is -0.148. The van der Waals surface area contributed by atoms with Gasteiger partial charge in [-0.3, -0.25) is 4.79 Å². The minimum atomic E-state index is -1.12. The maximum atomic E-state index is 11.8. The van der Waals surface area contributed by atoms with Gasteiger partial charge in [-0.15, -0.1) is 0 Å². The number of carboxylic acids is 1. The Labute approximate surface area is 98.2 Å². The van der Waals surface area contributed by atoms with Crippen molar-refractivity contribution < 1.29 is 19.5 Å². The molecule has 17 heavy (non-hydrogen) atoms. The Morgan fingerprint density at radius 2 is 2.12 bits per heavy atom. The molecule has 1 aliphatic heterocycles. The van der Waals surface area contributed by atoms with Gasteiger partial charge in [-0.25, -0.2) is 9.59 Å². The zero-order valence-electron chi connectivity index (χ0n) is 9.36. The third-order valence-corrected chi connectivity index (χ3v) is 3.29. The number of rotatable bonds is 2. The van der Waals surface area contributed by atoms with Crippen molar-refractivity contribution >= 4 is 17.9 Å². The van der Waals surface area contributed by atoms with Crippen LogP contribution in [-0.2, 0) is 9.59 Å². The van der Waals surface area contributed by atoms with Crippen LogP contribution < -0.4 is 10.6 Å². The van der Waals surface area contributed by atoms with E-state index in [1.807, 2.05) is 0 Å². The summed E-state index contributed by atoms with van der Waals surface area (Å²) >= 11 is 0. The molecule has 1 saturated heterocycles. The highest BCUT2D eigenvalue weighted by molar-refractivity contribution is 5.89. The molecule has 1 saturated carbocycles. The van der Waals surface area contributed by atoms with Crippen molar-refractivity contribution in [1.29, 1.82) is 0 Å². The van der Waals surface area contributed by atoms with Crippen molar-refractivity contribution in [2.45, 2.75) is 24.8 Å². The van der Waals surface area contributed by atoms with E-state index in [-0.39, 0.29) is 12.5 Å². The van der Waals surface area contributed by atoms with Gasteiger partial charge in [0.2, 0.25) is 5.91 Å². The van der Waals surface area contributed by atoms with Gasteiger partial charge in [0, 0.05) is 13.1 Å². The van der Waals surface area contributed by atoms with Crippen LogP contribution >= 0.6 is 0 Å². The second-order valence-corrected chi connectivity index (χ2v) is 4.44. The van der Waals surface area contributed by atoms with E-state index in [4.69, 9.17) is 5.11 Å². The van der Waals surface area contributed by atoms with Crippen LogP contribution in [-0.4, -0.2) is 53.1 Å². The maximum Gasteiger partial charge on any atom is 0.329 e. The highest BCUT2D eigenvalue weighted by Gasteiger charge is 2.46. The first-order valence-electron chi connectivity index (χ1n) is 5.61. The second-order valence-electron chi connectivity index (χ2n) is 4.44. The zero-order valence-corrected chi connectivity index (χ0v) is 9.36. The summed E-state index contributed by atoms with van der Waals surface area (Å²) in [6.45, 7) is 0.807. The molecule has 2 fully saturated rings. The molecule has 7 heteroatoms. The topological polar surface area (TPSA) is 98.7 Å². The standard InChI is InChI=1S/C10H15N3O4/c14-7-6-13(5-4-11-7)9(17)12-10(8(15)16)2-1-3-10/h1-6H2,(H,11,14)(H,12,17)(H,15,16). The molecule has 2 rings (SSSR count). The molecule has 94 valence electrons. The van der Waals surface area contributed by atoms with Crippen molar-refractivity contribution in [3.05, 3.63) is 0 Å². The number of piperazine rings is 1. The Bertz CT molecular complexity index is 365. The Hall–Kier alpha value is -1.79. The molecule has 2 aliphatic rings. The molecular weight excluding hydrogens is 226 g/mol. The number of nitrogens with one attached hydrogen (secondary N) is 2. The van der Waals surface area contributed by atoms with Crippen LogP contribution in [0.5, 0.6) is 0 Å². The SMILES string of the molecule is O=C1CN(C(=O)NC2(C(=O)O)CCC2)CCN1. The molecule has 0 aromatic rings. The minimum Gasteiger partial charge on any atom is -0.480 e. The molecule has 0 unspecified atom stereocenters. The number of carbonyl (C=O) groups is 3. The fourth-order valence-corrected chi connectivity index (χ4v) is 2.02. The van der Waals surface area contributed by atoms with Gasteiger partial charge in [0.1, 0.15) is 12.1 Å². The lowest BCUT2D eigenvalue weighted by Crippen LogP contribution is -2.63. The van der Waals surface area contributed by atoms with E-state index in [1.54, 1.807) is 0 Å². The van der Waals surface area contributed by atoms with Crippen molar-refractivity contribution in [1.82, 2.24) is 15.5 Å². The summed E-state index contributed by atoms with van der Waals surface area (Å²) in [6, 6.07) is -0.470. The molecule has 3 amide bonds. The predicted octanol–water partition coefficient (Wildman–Crippen LogP) is -0.865. The number of hydrogen-bond donors (Lipinski definition) is 3. The number of aliphatic carboxylic acids is 1. The van der Waals surface area contributed by atoms with Crippen molar-refractivity contribution in [2.24, 2.45) is 0 Å². The fraction of sp³-hybridized carbons (Fsp3) is 0.700. The van der Waals surface area contributed by atoms with Crippen molar-refractivity contribution in [3.8, 4) is 0 Å². The van der Waals surface area contributed by atoms with Crippen LogP contribution in [0, 0.1) is 0 Å². The third kappa shape index (κ3) is 2.17. The van der Waals surface area contributed by atoms with E-state index in [9.17, 15) is 14.4 Å². The van der Waals surface area contributed by atoms with Crippen LogP contribution in [0.1, 0.15) is 19.3 Å². The molecule has 0 bridgehead atoms. The van der Waals surface area contributed by atoms with E-state index in [0.717, 1.165) is 6.42 Å². The first-order chi connectivity index (χ1) is 8.03. The lowest BCUT2D eigenvalue weighted by Gasteiger charge is -2.40. The fourth-order valence-electron chi connectivity index (χ4n) is 2.02. The number of nitrogens with zero attached hydrogens (tertiary/aromatic N) is 1. The lowest BCUT2D eigenvalue weighted by atomic mass is 9.77. The van der Waals surface area contributed by atoms with Gasteiger partial charge in [-0.1, -0.05) is 0 Å². The van der Waals surface area contributed by atoms with Crippen LogP contribution in [0.3, 0.4) is 0 Å². The third-order valence-electron chi connectivity index (χ3n) is 3.29. The molecule has 0 aromatic heterocycles. The normalized spacial score (nSPS) is 22.4. The summed E-state index contributed by atoms with van der Waals surface area (Å²) in [6.07, 6.45) is 1.70. The number of hydrogen-bond acceptors (Lipinski definition) is 3. The largest absolute Gasteiger partial charge is 0.480 e. The number of carbonyl (C=O) groups excluding carboxylic acids is 2. The van der Waals surface area contributed by atoms with Crippen LogP contribution in [0.2, 0.25) is 0 Å². The monoisotopic (exact) mass is 241 g/mol. The molecule has 7 nitrogen and oxygen atoms in total. The molecule has 0 radical (unpaired) electrons. The van der Waals surface area contributed by atoms with Gasteiger partial charge in [0.05, 0.1) is 0 Å². The van der Waals surface area contributed by atoms with E-state index in [0.29, 0.717) is 25.9 Å². The van der Waals surface area contributed by atoms with Gasteiger partial charge in [-0.2, -0.15) is 0 Å². The van der Waals surface area contributed by atoms with E-state index >= 15 is 0 Å². The van der Waals surface area contributed by atoms with Crippen molar-refractivity contribution in [3.63, 3.8) is 0 Å². The summed E-state index contributed by atoms with van der Waals surface area (Å²) in [4.78, 5) is 35.3. The highest BCUT2D eigenvalue weighted by Crippen LogP contribution is 2.32. The predicted molar refractivity (Wildman–Crippen MR) is 57.3 cm³/mol. The van der Waals surface area contributed by atoms with Crippen LogP contribution in [0.15, 0.2) is 0 Å². The maximum absolute atomic E-state index is 11.8. The Morgan fingerprint density at radius 3 is 2.59 bits per heavy atom. The number of urea groups is 1. The Kier molecular flexibility index (Phi) is 2.91. The summed E-state index contributed by atoms with van der Waals surface area (Å²) in [5.74, 6) is -1.22.